The molecule has 0 aliphatic heterocycles. The standard InChI is InChI=1S/C10H7BrClN5O2/c1-5-8(17(18)19)9(16-10(12)14-5)15-7-2-6(11)3-13-4-7/h2-4H,1H3,(H,14,15,16). The third-order valence-electron chi connectivity index (χ3n) is 2.18. The van der Waals surface area contributed by atoms with E-state index in [0.29, 0.717) is 5.69 Å². The molecule has 0 spiro atoms. The van der Waals surface area contributed by atoms with E-state index in [9.17, 15) is 10.1 Å². The van der Waals surface area contributed by atoms with Crippen LogP contribution in [0.1, 0.15) is 5.69 Å². The van der Waals surface area contributed by atoms with Crippen LogP contribution in [-0.2, 0) is 0 Å². The van der Waals surface area contributed by atoms with Crippen LogP contribution in [0.5, 0.6) is 0 Å². The zero-order chi connectivity index (χ0) is 14.0. The van der Waals surface area contributed by atoms with Gasteiger partial charge in [-0.3, -0.25) is 15.1 Å². The van der Waals surface area contributed by atoms with Crippen LogP contribution >= 0.6 is 27.5 Å². The van der Waals surface area contributed by atoms with E-state index in [2.05, 4.69) is 36.2 Å². The lowest BCUT2D eigenvalue weighted by molar-refractivity contribution is -0.385. The molecule has 2 aromatic rings. The molecule has 2 aromatic heterocycles. The van der Waals surface area contributed by atoms with E-state index >= 15 is 0 Å². The van der Waals surface area contributed by atoms with Gasteiger partial charge in [-0.25, -0.2) is 4.98 Å². The lowest BCUT2D eigenvalue weighted by atomic mass is 10.3. The Morgan fingerprint density at radius 2 is 2.16 bits per heavy atom. The van der Waals surface area contributed by atoms with Gasteiger partial charge in [-0.15, -0.1) is 0 Å². The number of aromatic nitrogens is 3. The van der Waals surface area contributed by atoms with Gasteiger partial charge >= 0.3 is 5.69 Å². The molecule has 0 atom stereocenters. The van der Waals surface area contributed by atoms with Crippen LogP contribution in [0.4, 0.5) is 17.2 Å². The number of nitro groups is 1. The first-order chi connectivity index (χ1) is 8.97. The maximum Gasteiger partial charge on any atom is 0.332 e. The van der Waals surface area contributed by atoms with Crippen molar-refractivity contribution in [3.05, 3.63) is 44.0 Å². The Labute approximate surface area is 121 Å². The van der Waals surface area contributed by atoms with E-state index in [1.54, 1.807) is 12.3 Å². The predicted octanol–water partition coefficient (Wildman–Crippen LogP) is 3.25. The summed E-state index contributed by atoms with van der Waals surface area (Å²) in [5.74, 6) is 0.0300. The molecule has 0 fully saturated rings. The molecule has 0 unspecified atom stereocenters. The largest absolute Gasteiger partial charge is 0.333 e. The van der Waals surface area contributed by atoms with Gasteiger partial charge in [0, 0.05) is 10.7 Å². The minimum atomic E-state index is -0.556. The van der Waals surface area contributed by atoms with Crippen LogP contribution in [0.15, 0.2) is 22.9 Å². The minimum absolute atomic E-state index is 0.0300. The molecule has 98 valence electrons. The van der Waals surface area contributed by atoms with Gasteiger partial charge in [-0.2, -0.15) is 4.98 Å². The molecule has 9 heteroatoms. The second kappa shape index (κ2) is 5.45. The maximum absolute atomic E-state index is 11.0. The van der Waals surface area contributed by atoms with Gasteiger partial charge < -0.3 is 5.32 Å². The normalized spacial score (nSPS) is 10.3. The molecule has 0 amide bonds. The fraction of sp³-hybridized carbons (Fsp3) is 0.100. The molecular formula is C10H7BrClN5O2. The summed E-state index contributed by atoms with van der Waals surface area (Å²) >= 11 is 8.97. The van der Waals surface area contributed by atoms with Crippen molar-refractivity contribution in [3.63, 3.8) is 0 Å². The van der Waals surface area contributed by atoms with Crippen LogP contribution in [0.3, 0.4) is 0 Å². The number of hydrogen-bond donors (Lipinski definition) is 1. The molecule has 0 bridgehead atoms. The van der Waals surface area contributed by atoms with E-state index in [-0.39, 0.29) is 22.5 Å². The van der Waals surface area contributed by atoms with Crippen molar-refractivity contribution < 1.29 is 4.92 Å². The van der Waals surface area contributed by atoms with Gasteiger partial charge in [0.2, 0.25) is 11.1 Å². The Kier molecular flexibility index (Phi) is 3.91. The van der Waals surface area contributed by atoms with Gasteiger partial charge in [-0.05, 0) is 40.5 Å². The van der Waals surface area contributed by atoms with E-state index in [1.165, 1.54) is 13.1 Å². The molecule has 1 N–H and O–H groups in total. The molecule has 2 heterocycles. The van der Waals surface area contributed by atoms with Crippen molar-refractivity contribution in [2.45, 2.75) is 6.92 Å². The third kappa shape index (κ3) is 3.15. The van der Waals surface area contributed by atoms with Gasteiger partial charge in [0.25, 0.3) is 0 Å². The summed E-state index contributed by atoms with van der Waals surface area (Å²) in [6.45, 7) is 1.50. The molecule has 0 aliphatic rings. The fourth-order valence-electron chi connectivity index (χ4n) is 1.46. The summed E-state index contributed by atoms with van der Waals surface area (Å²) in [4.78, 5) is 22.0. The molecule has 0 aromatic carbocycles. The highest BCUT2D eigenvalue weighted by molar-refractivity contribution is 9.10. The number of aryl methyl sites for hydroxylation is 1. The SMILES string of the molecule is Cc1nc(Cl)nc(Nc2cncc(Br)c2)c1[N+](=O)[O-]. The number of hydrogen-bond acceptors (Lipinski definition) is 6. The van der Waals surface area contributed by atoms with Gasteiger partial charge in [0.15, 0.2) is 0 Å². The topological polar surface area (TPSA) is 93.8 Å². The van der Waals surface area contributed by atoms with E-state index in [4.69, 9.17) is 11.6 Å². The van der Waals surface area contributed by atoms with Crippen LogP contribution in [0.25, 0.3) is 0 Å². The lowest BCUT2D eigenvalue weighted by Gasteiger charge is -2.07. The first kappa shape index (κ1) is 13.6. The summed E-state index contributed by atoms with van der Waals surface area (Å²) in [5.41, 5.74) is 0.520. The molecule has 2 rings (SSSR count). The highest BCUT2D eigenvalue weighted by Gasteiger charge is 2.21. The van der Waals surface area contributed by atoms with Crippen LogP contribution in [-0.4, -0.2) is 19.9 Å². The zero-order valence-corrected chi connectivity index (χ0v) is 11.9. The molecule has 0 saturated heterocycles. The number of anilines is 2. The quantitative estimate of drug-likeness (QED) is 0.522. The number of rotatable bonds is 3. The Hall–Kier alpha value is -1.80. The Balaban J connectivity index is 2.47. The summed E-state index contributed by atoms with van der Waals surface area (Å²) in [7, 11) is 0. The number of pyridine rings is 1. The highest BCUT2D eigenvalue weighted by Crippen LogP contribution is 2.29. The van der Waals surface area contributed by atoms with Crippen molar-refractivity contribution >= 4 is 44.7 Å². The Morgan fingerprint density at radius 1 is 1.42 bits per heavy atom. The van der Waals surface area contributed by atoms with E-state index in [1.807, 2.05) is 0 Å². The first-order valence-electron chi connectivity index (χ1n) is 5.03. The summed E-state index contributed by atoms with van der Waals surface area (Å²) in [6.07, 6.45) is 3.11. The third-order valence-corrected chi connectivity index (χ3v) is 2.78. The molecule has 0 aliphatic carbocycles. The van der Waals surface area contributed by atoms with Gasteiger partial charge in [0.05, 0.1) is 16.8 Å². The fourth-order valence-corrected chi connectivity index (χ4v) is 2.03. The summed E-state index contributed by atoms with van der Waals surface area (Å²) in [5, 5.41) is 13.8. The van der Waals surface area contributed by atoms with Crippen LogP contribution in [0.2, 0.25) is 5.28 Å². The Morgan fingerprint density at radius 3 is 2.79 bits per heavy atom. The lowest BCUT2D eigenvalue weighted by Crippen LogP contribution is -2.04. The second-order valence-corrected chi connectivity index (χ2v) is 4.80. The van der Waals surface area contributed by atoms with Crippen molar-refractivity contribution in [2.75, 3.05) is 5.32 Å². The van der Waals surface area contributed by atoms with Crippen LogP contribution in [0, 0.1) is 17.0 Å². The molecular weight excluding hydrogens is 338 g/mol. The predicted molar refractivity (Wildman–Crippen MR) is 73.7 cm³/mol. The van der Waals surface area contributed by atoms with Crippen molar-refractivity contribution in [2.24, 2.45) is 0 Å². The molecule has 7 nitrogen and oxygen atoms in total. The highest BCUT2D eigenvalue weighted by atomic mass is 79.9. The molecule has 0 radical (unpaired) electrons. The van der Waals surface area contributed by atoms with E-state index in [0.717, 1.165) is 4.47 Å². The van der Waals surface area contributed by atoms with Crippen molar-refractivity contribution in [1.29, 1.82) is 0 Å². The Bertz CT molecular complexity index is 652. The van der Waals surface area contributed by atoms with Crippen LogP contribution < -0.4 is 5.32 Å². The average Bonchev–Trinajstić information content (AvgIpc) is 2.26. The van der Waals surface area contributed by atoms with Gasteiger partial charge in [-0.1, -0.05) is 0 Å². The molecule has 19 heavy (non-hydrogen) atoms. The maximum atomic E-state index is 11.0. The summed E-state index contributed by atoms with van der Waals surface area (Å²) < 4.78 is 0.733. The number of nitrogens with one attached hydrogen (secondary N) is 1. The van der Waals surface area contributed by atoms with Gasteiger partial charge in [0.1, 0.15) is 5.69 Å². The molecule has 0 saturated carbocycles. The van der Waals surface area contributed by atoms with Crippen molar-refractivity contribution in [3.8, 4) is 0 Å². The summed E-state index contributed by atoms with van der Waals surface area (Å²) in [6, 6.07) is 1.71. The van der Waals surface area contributed by atoms with Crippen molar-refractivity contribution in [1.82, 2.24) is 15.0 Å². The smallest absolute Gasteiger partial charge is 0.332 e. The minimum Gasteiger partial charge on any atom is -0.333 e. The first-order valence-corrected chi connectivity index (χ1v) is 6.20. The second-order valence-electron chi connectivity index (χ2n) is 3.55. The average molecular weight is 345 g/mol. The van der Waals surface area contributed by atoms with E-state index < -0.39 is 4.92 Å². The number of nitrogens with zero attached hydrogens (tertiary/aromatic N) is 4. The number of halogens is 2. The zero-order valence-electron chi connectivity index (χ0n) is 9.59. The monoisotopic (exact) mass is 343 g/mol.